The van der Waals surface area contributed by atoms with Gasteiger partial charge in [0.1, 0.15) is 18.0 Å². The minimum atomic E-state index is -4.85. The van der Waals surface area contributed by atoms with Crippen LogP contribution >= 0.6 is 0 Å². The molecule has 1 saturated heterocycles. The molecule has 0 aromatic heterocycles. The Bertz CT molecular complexity index is 1290. The van der Waals surface area contributed by atoms with Gasteiger partial charge in [0.2, 0.25) is 0 Å². The molecule has 1 aliphatic rings. The molecular formula is C27H25F6N3O3. The Morgan fingerprint density at radius 2 is 1.56 bits per heavy atom. The van der Waals surface area contributed by atoms with E-state index < -0.39 is 25.0 Å². The van der Waals surface area contributed by atoms with E-state index >= 15 is 0 Å². The molecule has 0 unspecified atom stereocenters. The highest BCUT2D eigenvalue weighted by atomic mass is 19.4. The number of carbonyl (C=O) groups is 1. The molecule has 1 fully saturated rings. The molecule has 0 saturated carbocycles. The maximum atomic E-state index is 12.9. The van der Waals surface area contributed by atoms with Crippen molar-refractivity contribution in [1.29, 1.82) is 0 Å². The fourth-order valence-corrected chi connectivity index (χ4v) is 4.33. The first-order valence-electron chi connectivity index (χ1n) is 12.0. The van der Waals surface area contributed by atoms with Gasteiger partial charge in [0.25, 0.3) is 5.91 Å². The molecule has 0 bridgehead atoms. The number of halogens is 6. The summed E-state index contributed by atoms with van der Waals surface area (Å²) < 4.78 is 80.0. The van der Waals surface area contributed by atoms with Crippen LogP contribution in [0.1, 0.15) is 15.9 Å². The first kappa shape index (κ1) is 28.1. The number of nitrogens with one attached hydrogen (secondary N) is 1. The van der Waals surface area contributed by atoms with Gasteiger partial charge in [0, 0.05) is 44.0 Å². The Morgan fingerprint density at radius 3 is 2.18 bits per heavy atom. The maximum Gasteiger partial charge on any atom is 0.573 e. The van der Waals surface area contributed by atoms with Gasteiger partial charge >= 0.3 is 12.5 Å². The van der Waals surface area contributed by atoms with Crippen molar-refractivity contribution in [2.75, 3.05) is 37.6 Å². The van der Waals surface area contributed by atoms with E-state index in [1.54, 1.807) is 30.3 Å². The number of amides is 1. The van der Waals surface area contributed by atoms with Gasteiger partial charge in [-0.1, -0.05) is 12.1 Å². The highest BCUT2D eigenvalue weighted by Gasteiger charge is 2.31. The summed E-state index contributed by atoms with van der Waals surface area (Å²) in [6, 6.07) is 16.8. The van der Waals surface area contributed by atoms with Gasteiger partial charge in [0.05, 0.1) is 0 Å². The molecule has 39 heavy (non-hydrogen) atoms. The van der Waals surface area contributed by atoms with E-state index in [0.29, 0.717) is 49.4 Å². The van der Waals surface area contributed by atoms with E-state index in [9.17, 15) is 36.2 Å². The van der Waals surface area contributed by atoms with Crippen LogP contribution in [0, 0.1) is 0 Å². The number of alkyl halides is 6. The predicted molar refractivity (Wildman–Crippen MR) is 133 cm³/mol. The summed E-state index contributed by atoms with van der Waals surface area (Å²) in [5, 5.41) is 11.6. The van der Waals surface area contributed by atoms with Crippen molar-refractivity contribution in [1.82, 2.24) is 10.2 Å². The standard InChI is InChI=1S/C27H25F6N3O3/c28-26(29,30)17-34-25(38)19-4-6-22(7-5-19)36-10-8-35(9-11-36)16-18-12-21(20-2-1-3-23(37)14-20)15-24(13-18)39-27(31,32)33/h1-7,12-15,37H,8-11,16-17H2,(H,34,38). The topological polar surface area (TPSA) is 65.0 Å². The summed E-state index contributed by atoms with van der Waals surface area (Å²) in [7, 11) is 0. The van der Waals surface area contributed by atoms with Crippen LogP contribution in [0.2, 0.25) is 0 Å². The molecule has 6 nitrogen and oxygen atoms in total. The molecule has 2 N–H and O–H groups in total. The van der Waals surface area contributed by atoms with Gasteiger partial charge in [-0.3, -0.25) is 9.69 Å². The Balaban J connectivity index is 1.40. The van der Waals surface area contributed by atoms with E-state index in [2.05, 4.69) is 14.5 Å². The SMILES string of the molecule is O=C(NCC(F)(F)F)c1ccc(N2CCN(Cc3cc(OC(F)(F)F)cc(-c4cccc(O)c4)c3)CC2)cc1. The van der Waals surface area contributed by atoms with E-state index in [1.807, 2.05) is 5.32 Å². The molecule has 3 aromatic carbocycles. The summed E-state index contributed by atoms with van der Waals surface area (Å²) in [5.41, 5.74) is 2.54. The number of hydrogen-bond donors (Lipinski definition) is 2. The molecule has 4 rings (SSSR count). The van der Waals surface area contributed by atoms with E-state index in [-0.39, 0.29) is 17.1 Å². The molecule has 12 heteroatoms. The number of aromatic hydroxyl groups is 1. The molecule has 0 aliphatic carbocycles. The molecule has 1 heterocycles. The van der Waals surface area contributed by atoms with Crippen molar-refractivity contribution in [3.05, 3.63) is 77.9 Å². The zero-order valence-corrected chi connectivity index (χ0v) is 20.5. The summed E-state index contributed by atoms with van der Waals surface area (Å²) in [5.74, 6) is -1.18. The number of ether oxygens (including phenoxy) is 1. The quantitative estimate of drug-likeness (QED) is 0.375. The molecule has 0 spiro atoms. The van der Waals surface area contributed by atoms with Crippen LogP contribution in [0.5, 0.6) is 11.5 Å². The first-order valence-corrected chi connectivity index (χ1v) is 12.0. The number of rotatable bonds is 7. The lowest BCUT2D eigenvalue weighted by Gasteiger charge is -2.36. The third-order valence-corrected chi connectivity index (χ3v) is 6.10. The fraction of sp³-hybridized carbons (Fsp3) is 0.296. The van der Waals surface area contributed by atoms with Gasteiger partial charge in [-0.05, 0) is 71.3 Å². The highest BCUT2D eigenvalue weighted by molar-refractivity contribution is 5.94. The first-order chi connectivity index (χ1) is 18.3. The number of carbonyl (C=O) groups excluding carboxylic acids is 1. The molecular weight excluding hydrogens is 528 g/mol. The summed E-state index contributed by atoms with van der Waals surface area (Å²) in [6.07, 6.45) is -9.34. The third kappa shape index (κ3) is 8.28. The Kier molecular flexibility index (Phi) is 8.24. The van der Waals surface area contributed by atoms with Crippen LogP contribution in [0.4, 0.5) is 32.0 Å². The van der Waals surface area contributed by atoms with Crippen LogP contribution in [-0.2, 0) is 6.54 Å². The molecule has 0 atom stereocenters. The minimum Gasteiger partial charge on any atom is -0.508 e. The van der Waals surface area contributed by atoms with Crippen LogP contribution in [0.15, 0.2) is 66.7 Å². The van der Waals surface area contributed by atoms with E-state index in [0.717, 1.165) is 5.69 Å². The Morgan fingerprint density at radius 1 is 0.872 bits per heavy atom. The van der Waals surface area contributed by atoms with Crippen molar-refractivity contribution >= 4 is 11.6 Å². The van der Waals surface area contributed by atoms with Gasteiger partial charge < -0.3 is 20.1 Å². The lowest BCUT2D eigenvalue weighted by Crippen LogP contribution is -2.46. The maximum absolute atomic E-state index is 12.9. The average molecular weight is 554 g/mol. The van der Waals surface area contributed by atoms with Crippen molar-refractivity contribution in [2.24, 2.45) is 0 Å². The smallest absolute Gasteiger partial charge is 0.508 e. The molecule has 208 valence electrons. The summed E-state index contributed by atoms with van der Waals surface area (Å²) in [6.45, 7) is 1.35. The van der Waals surface area contributed by atoms with Gasteiger partial charge in [-0.25, -0.2) is 0 Å². The molecule has 1 aliphatic heterocycles. The number of nitrogens with zero attached hydrogens (tertiary/aromatic N) is 2. The number of benzene rings is 3. The van der Waals surface area contributed by atoms with Crippen LogP contribution < -0.4 is 15.0 Å². The number of hydrogen-bond acceptors (Lipinski definition) is 5. The van der Waals surface area contributed by atoms with Crippen molar-refractivity contribution in [2.45, 2.75) is 19.1 Å². The van der Waals surface area contributed by atoms with E-state index in [4.69, 9.17) is 0 Å². The predicted octanol–water partition coefficient (Wildman–Crippen LogP) is 5.57. The number of piperazine rings is 1. The summed E-state index contributed by atoms with van der Waals surface area (Å²) in [4.78, 5) is 16.0. The fourth-order valence-electron chi connectivity index (χ4n) is 4.33. The molecule has 3 aromatic rings. The number of phenols is 1. The van der Waals surface area contributed by atoms with Crippen LogP contribution in [0.3, 0.4) is 0 Å². The normalized spacial score (nSPS) is 14.8. The van der Waals surface area contributed by atoms with Crippen LogP contribution in [0.25, 0.3) is 11.1 Å². The van der Waals surface area contributed by atoms with Crippen LogP contribution in [-0.4, -0.2) is 61.2 Å². The Labute approximate surface area is 220 Å². The highest BCUT2D eigenvalue weighted by Crippen LogP contribution is 2.32. The largest absolute Gasteiger partial charge is 0.573 e. The van der Waals surface area contributed by atoms with Crippen molar-refractivity contribution in [3.8, 4) is 22.6 Å². The Hall–Kier alpha value is -3.93. The van der Waals surface area contributed by atoms with E-state index in [1.165, 1.54) is 36.4 Å². The van der Waals surface area contributed by atoms with Gasteiger partial charge in [-0.15, -0.1) is 13.2 Å². The number of phenolic OH excluding ortho intramolecular Hbond substituents is 1. The second-order valence-electron chi connectivity index (χ2n) is 9.07. The second-order valence-corrected chi connectivity index (χ2v) is 9.07. The van der Waals surface area contributed by atoms with Gasteiger partial charge in [0.15, 0.2) is 0 Å². The molecule has 0 radical (unpaired) electrons. The lowest BCUT2D eigenvalue weighted by molar-refractivity contribution is -0.274. The monoisotopic (exact) mass is 553 g/mol. The lowest BCUT2D eigenvalue weighted by atomic mass is 10.0. The summed E-state index contributed by atoms with van der Waals surface area (Å²) >= 11 is 0. The van der Waals surface area contributed by atoms with Gasteiger partial charge in [-0.2, -0.15) is 13.2 Å². The number of anilines is 1. The zero-order chi connectivity index (χ0) is 28.2. The third-order valence-electron chi connectivity index (χ3n) is 6.10. The average Bonchev–Trinajstić information content (AvgIpc) is 2.86. The minimum absolute atomic E-state index is 0.0118. The second kappa shape index (κ2) is 11.4. The van der Waals surface area contributed by atoms with Crippen molar-refractivity contribution in [3.63, 3.8) is 0 Å². The van der Waals surface area contributed by atoms with Crippen molar-refractivity contribution < 1.29 is 41.0 Å². The molecule has 1 amide bonds. The zero-order valence-electron chi connectivity index (χ0n) is 20.5.